The zero-order chi connectivity index (χ0) is 15.1. The van der Waals surface area contributed by atoms with Gasteiger partial charge in [-0.2, -0.15) is 0 Å². The largest absolute Gasteiger partial charge is 0.253 e. The molecule has 4 rings (SSSR count). The predicted octanol–water partition coefficient (Wildman–Crippen LogP) is 5.98. The van der Waals surface area contributed by atoms with E-state index >= 15 is 0 Å². The smallest absolute Gasteiger partial charge is 0.0971 e. The molecule has 4 heteroatoms. The molecule has 2 aromatic heterocycles. The van der Waals surface area contributed by atoms with Crippen LogP contribution in [0.5, 0.6) is 0 Å². The maximum Gasteiger partial charge on any atom is 0.0971 e. The summed E-state index contributed by atoms with van der Waals surface area (Å²) in [5.41, 5.74) is 1.81. The molecule has 22 heavy (non-hydrogen) atoms. The third-order valence-electron chi connectivity index (χ3n) is 3.72. The molecule has 2 nitrogen and oxygen atoms in total. The number of benzene rings is 2. The zero-order valence-electron chi connectivity index (χ0n) is 11.4. The van der Waals surface area contributed by atoms with Crippen molar-refractivity contribution < 1.29 is 0 Å². The summed E-state index contributed by atoms with van der Waals surface area (Å²) < 4.78 is 1.99. The molecule has 0 amide bonds. The van der Waals surface area contributed by atoms with Crippen LogP contribution in [0, 0.1) is 0 Å². The maximum atomic E-state index is 4.63. The number of rotatable bonds is 1. The van der Waals surface area contributed by atoms with Crippen LogP contribution in [0.15, 0.2) is 69.9 Å². The minimum Gasteiger partial charge on any atom is -0.253 e. The quantitative estimate of drug-likeness (QED) is 0.383. The lowest BCUT2D eigenvalue weighted by atomic mass is 10.0. The van der Waals surface area contributed by atoms with Crippen LogP contribution in [0.2, 0.25) is 0 Å². The lowest BCUT2D eigenvalue weighted by Gasteiger charge is -2.10. The van der Waals surface area contributed by atoms with Gasteiger partial charge in [-0.15, -0.1) is 0 Å². The van der Waals surface area contributed by atoms with Gasteiger partial charge in [-0.05, 0) is 42.6 Å². The Morgan fingerprint density at radius 3 is 1.32 bits per heavy atom. The fourth-order valence-corrected chi connectivity index (χ4v) is 3.59. The standard InChI is InChI=1S/C18H10Br2N2/c19-15-9-21-17(13-7-3-1-5-11(13)15)18-14-8-4-2-6-12(14)16(20)10-22-18/h1-10H. The first-order chi connectivity index (χ1) is 10.8. The Hall–Kier alpha value is -1.78. The van der Waals surface area contributed by atoms with Gasteiger partial charge < -0.3 is 0 Å². The zero-order valence-corrected chi connectivity index (χ0v) is 14.6. The van der Waals surface area contributed by atoms with Crippen molar-refractivity contribution in [1.29, 1.82) is 0 Å². The molecule has 0 bridgehead atoms. The third-order valence-corrected chi connectivity index (χ3v) is 4.98. The normalized spacial score (nSPS) is 11.2. The molecule has 4 aromatic rings. The molecule has 0 unspecified atom stereocenters. The second-order valence-corrected chi connectivity index (χ2v) is 6.71. The summed E-state index contributed by atoms with van der Waals surface area (Å²) in [6.45, 7) is 0. The first-order valence-electron chi connectivity index (χ1n) is 6.82. The Morgan fingerprint density at radius 1 is 0.545 bits per heavy atom. The van der Waals surface area contributed by atoms with Crippen LogP contribution < -0.4 is 0 Å². The van der Waals surface area contributed by atoms with Crippen molar-refractivity contribution in [3.63, 3.8) is 0 Å². The minimum absolute atomic E-state index is 0.905. The van der Waals surface area contributed by atoms with Crippen molar-refractivity contribution in [2.45, 2.75) is 0 Å². The van der Waals surface area contributed by atoms with Gasteiger partial charge in [-0.1, -0.05) is 48.5 Å². The van der Waals surface area contributed by atoms with Crippen LogP contribution in [0.25, 0.3) is 32.9 Å². The fourth-order valence-electron chi connectivity index (χ4n) is 2.69. The van der Waals surface area contributed by atoms with Gasteiger partial charge in [-0.25, -0.2) is 0 Å². The average Bonchev–Trinajstić information content (AvgIpc) is 2.57. The predicted molar refractivity (Wildman–Crippen MR) is 97.9 cm³/mol. The molecule has 0 saturated heterocycles. The van der Waals surface area contributed by atoms with Gasteiger partial charge in [-0.3, -0.25) is 9.97 Å². The van der Waals surface area contributed by atoms with Gasteiger partial charge in [0.25, 0.3) is 0 Å². The van der Waals surface area contributed by atoms with E-state index in [-0.39, 0.29) is 0 Å². The summed E-state index contributed by atoms with van der Waals surface area (Å²) in [4.78, 5) is 9.26. The summed E-state index contributed by atoms with van der Waals surface area (Å²) in [6, 6.07) is 16.5. The number of fused-ring (bicyclic) bond motifs is 2. The first-order valence-corrected chi connectivity index (χ1v) is 8.41. The Kier molecular flexibility index (Phi) is 3.43. The van der Waals surface area contributed by atoms with E-state index in [0.717, 1.165) is 41.9 Å². The second-order valence-electron chi connectivity index (χ2n) is 5.00. The van der Waals surface area contributed by atoms with E-state index in [9.17, 15) is 0 Å². The van der Waals surface area contributed by atoms with Crippen LogP contribution in [0.1, 0.15) is 0 Å². The molecule has 0 fully saturated rings. The number of hydrogen-bond donors (Lipinski definition) is 0. The average molecular weight is 414 g/mol. The maximum absolute atomic E-state index is 4.63. The molecule has 0 aliphatic heterocycles. The number of pyridine rings is 2. The molecule has 2 heterocycles. The molecule has 0 aliphatic carbocycles. The van der Waals surface area contributed by atoms with Crippen molar-refractivity contribution in [2.75, 3.05) is 0 Å². The van der Waals surface area contributed by atoms with Crippen LogP contribution >= 0.6 is 31.9 Å². The fraction of sp³-hybridized carbons (Fsp3) is 0. The SMILES string of the molecule is Brc1cnc(-c2ncc(Br)c3ccccc23)c2ccccc12. The number of nitrogens with zero attached hydrogens (tertiary/aromatic N) is 2. The van der Waals surface area contributed by atoms with Gasteiger partial charge in [0.15, 0.2) is 0 Å². The van der Waals surface area contributed by atoms with E-state index in [1.807, 2.05) is 36.7 Å². The van der Waals surface area contributed by atoms with Crippen LogP contribution in [0.4, 0.5) is 0 Å². The van der Waals surface area contributed by atoms with Crippen molar-refractivity contribution >= 4 is 53.4 Å². The minimum atomic E-state index is 0.905. The van der Waals surface area contributed by atoms with E-state index in [2.05, 4.69) is 66.1 Å². The number of hydrogen-bond acceptors (Lipinski definition) is 2. The van der Waals surface area contributed by atoms with E-state index in [0.29, 0.717) is 0 Å². The van der Waals surface area contributed by atoms with Crippen molar-refractivity contribution in [3.05, 3.63) is 69.9 Å². The first kappa shape index (κ1) is 13.9. The van der Waals surface area contributed by atoms with Crippen molar-refractivity contribution in [1.82, 2.24) is 9.97 Å². The van der Waals surface area contributed by atoms with Crippen LogP contribution in [-0.4, -0.2) is 9.97 Å². The molecule has 0 radical (unpaired) electrons. The van der Waals surface area contributed by atoms with Crippen molar-refractivity contribution in [2.24, 2.45) is 0 Å². The summed E-state index contributed by atoms with van der Waals surface area (Å²) in [5.74, 6) is 0. The van der Waals surface area contributed by atoms with E-state index in [1.165, 1.54) is 0 Å². The summed E-state index contributed by atoms with van der Waals surface area (Å²) in [5, 5.41) is 4.47. The molecule has 2 aromatic carbocycles. The molecule has 0 saturated carbocycles. The van der Waals surface area contributed by atoms with Crippen molar-refractivity contribution in [3.8, 4) is 11.4 Å². The molecular formula is C18H10Br2N2. The molecular weight excluding hydrogens is 404 g/mol. The highest BCUT2D eigenvalue weighted by molar-refractivity contribution is 9.11. The number of halogens is 2. The summed E-state index contributed by atoms with van der Waals surface area (Å²) in [7, 11) is 0. The lowest BCUT2D eigenvalue weighted by molar-refractivity contribution is 1.27. The van der Waals surface area contributed by atoms with Gasteiger partial charge in [0.2, 0.25) is 0 Å². The highest BCUT2D eigenvalue weighted by Gasteiger charge is 2.13. The highest BCUT2D eigenvalue weighted by atomic mass is 79.9. The van der Waals surface area contributed by atoms with Crippen LogP contribution in [-0.2, 0) is 0 Å². The molecule has 0 atom stereocenters. The monoisotopic (exact) mass is 412 g/mol. The van der Waals surface area contributed by atoms with E-state index in [1.54, 1.807) is 0 Å². The molecule has 106 valence electrons. The lowest BCUT2D eigenvalue weighted by Crippen LogP contribution is -1.92. The van der Waals surface area contributed by atoms with E-state index in [4.69, 9.17) is 0 Å². The van der Waals surface area contributed by atoms with Gasteiger partial charge in [0, 0.05) is 32.1 Å². The topological polar surface area (TPSA) is 25.8 Å². The molecule has 0 N–H and O–H groups in total. The van der Waals surface area contributed by atoms with Gasteiger partial charge in [0.1, 0.15) is 0 Å². The Labute approximate surface area is 144 Å². The Bertz CT molecular complexity index is 929. The van der Waals surface area contributed by atoms with E-state index < -0.39 is 0 Å². The third kappa shape index (κ3) is 2.14. The highest BCUT2D eigenvalue weighted by Crippen LogP contribution is 2.35. The Morgan fingerprint density at radius 2 is 0.909 bits per heavy atom. The second kappa shape index (κ2) is 5.45. The number of aromatic nitrogens is 2. The molecule has 0 aliphatic rings. The summed E-state index contributed by atoms with van der Waals surface area (Å²) >= 11 is 7.15. The molecule has 0 spiro atoms. The summed E-state index contributed by atoms with van der Waals surface area (Å²) in [6.07, 6.45) is 3.69. The van der Waals surface area contributed by atoms with Crippen LogP contribution in [0.3, 0.4) is 0 Å². The van der Waals surface area contributed by atoms with Gasteiger partial charge >= 0.3 is 0 Å². The van der Waals surface area contributed by atoms with Gasteiger partial charge in [0.05, 0.1) is 11.4 Å². The Balaban J connectivity index is 2.13.